The number of benzene rings is 2. The third-order valence-electron chi connectivity index (χ3n) is 2.51. The van der Waals surface area contributed by atoms with Crippen molar-refractivity contribution in [2.75, 3.05) is 0 Å². The van der Waals surface area contributed by atoms with E-state index in [1.54, 1.807) is 12.1 Å². The zero-order valence-electron chi connectivity index (χ0n) is 10.2. The van der Waals surface area contributed by atoms with Crippen molar-refractivity contribution in [1.29, 1.82) is 0 Å². The van der Waals surface area contributed by atoms with E-state index in [1.807, 2.05) is 0 Å². The molecule has 1 amide bonds. The summed E-state index contributed by atoms with van der Waals surface area (Å²) in [5.74, 6) is -0.693. The predicted molar refractivity (Wildman–Crippen MR) is 76.3 cm³/mol. The molecular weight excluding hydrogens is 280 g/mol. The molecule has 0 radical (unpaired) electrons. The van der Waals surface area contributed by atoms with Crippen molar-refractivity contribution < 1.29 is 15.0 Å². The van der Waals surface area contributed by atoms with Crippen LogP contribution in [0.2, 0.25) is 5.02 Å². The van der Waals surface area contributed by atoms with Crippen LogP contribution >= 0.6 is 11.6 Å². The standard InChI is InChI=1S/C14H11ClN2O3/c15-10-5-6-12(18)9(7-10)8-16-17-14(20)11-3-1-2-4-13(11)19/h1-8,18-19H,(H,17,20)/b16-8-. The maximum absolute atomic E-state index is 11.7. The number of carbonyl (C=O) groups excluding carboxylic acids is 1. The van der Waals surface area contributed by atoms with Crippen molar-refractivity contribution in [3.8, 4) is 11.5 Å². The second kappa shape index (κ2) is 6.08. The average Bonchev–Trinajstić information content (AvgIpc) is 2.43. The third kappa shape index (κ3) is 3.27. The Kier molecular flexibility index (Phi) is 4.22. The molecule has 20 heavy (non-hydrogen) atoms. The Morgan fingerprint density at radius 2 is 1.90 bits per heavy atom. The molecule has 0 fully saturated rings. The fourth-order valence-electron chi connectivity index (χ4n) is 1.52. The van der Waals surface area contributed by atoms with Crippen molar-refractivity contribution in [3.05, 3.63) is 58.6 Å². The number of nitrogens with one attached hydrogen (secondary N) is 1. The molecule has 2 aromatic carbocycles. The lowest BCUT2D eigenvalue weighted by molar-refractivity contribution is 0.0952. The third-order valence-corrected chi connectivity index (χ3v) is 2.74. The van der Waals surface area contributed by atoms with Crippen molar-refractivity contribution in [2.45, 2.75) is 0 Å². The Labute approximate surface area is 120 Å². The highest BCUT2D eigenvalue weighted by Gasteiger charge is 2.08. The number of phenolic OH excluding ortho intramolecular Hbond substituents is 2. The van der Waals surface area contributed by atoms with E-state index in [0.29, 0.717) is 10.6 Å². The molecule has 0 heterocycles. The Bertz CT molecular complexity index is 671. The molecule has 0 aliphatic carbocycles. The van der Waals surface area contributed by atoms with Gasteiger partial charge in [0.15, 0.2) is 0 Å². The minimum Gasteiger partial charge on any atom is -0.507 e. The Morgan fingerprint density at radius 1 is 1.15 bits per heavy atom. The topological polar surface area (TPSA) is 81.9 Å². The van der Waals surface area contributed by atoms with Gasteiger partial charge in [0, 0.05) is 10.6 Å². The number of rotatable bonds is 3. The van der Waals surface area contributed by atoms with Gasteiger partial charge in [-0.2, -0.15) is 5.10 Å². The van der Waals surface area contributed by atoms with Gasteiger partial charge in [0.1, 0.15) is 11.5 Å². The number of halogens is 1. The van der Waals surface area contributed by atoms with Crippen molar-refractivity contribution >= 4 is 23.7 Å². The van der Waals surface area contributed by atoms with Crippen LogP contribution in [0.1, 0.15) is 15.9 Å². The number of hydrogen-bond donors (Lipinski definition) is 3. The molecule has 2 rings (SSSR count). The molecule has 0 bridgehead atoms. The van der Waals surface area contributed by atoms with Gasteiger partial charge in [-0.25, -0.2) is 5.43 Å². The fourth-order valence-corrected chi connectivity index (χ4v) is 1.70. The smallest absolute Gasteiger partial charge is 0.275 e. The average molecular weight is 291 g/mol. The summed E-state index contributed by atoms with van der Waals surface area (Å²) in [6, 6.07) is 10.6. The first-order valence-corrected chi connectivity index (χ1v) is 6.05. The van der Waals surface area contributed by atoms with Crippen molar-refractivity contribution in [1.82, 2.24) is 5.43 Å². The molecular formula is C14H11ClN2O3. The highest BCUT2D eigenvalue weighted by molar-refractivity contribution is 6.30. The molecule has 0 saturated heterocycles. The highest BCUT2D eigenvalue weighted by Crippen LogP contribution is 2.19. The molecule has 2 aromatic rings. The number of nitrogens with zero attached hydrogens (tertiary/aromatic N) is 1. The number of aromatic hydroxyl groups is 2. The van der Waals surface area contributed by atoms with Gasteiger partial charge >= 0.3 is 0 Å². The number of carbonyl (C=O) groups is 1. The lowest BCUT2D eigenvalue weighted by Crippen LogP contribution is -2.17. The van der Waals surface area contributed by atoms with Gasteiger partial charge in [-0.1, -0.05) is 23.7 Å². The van der Waals surface area contributed by atoms with Gasteiger partial charge in [-0.15, -0.1) is 0 Å². The summed E-state index contributed by atoms with van der Waals surface area (Å²) in [5.41, 5.74) is 2.73. The summed E-state index contributed by atoms with van der Waals surface area (Å²) < 4.78 is 0. The summed E-state index contributed by atoms with van der Waals surface area (Å²) in [6.45, 7) is 0. The quantitative estimate of drug-likeness (QED) is 0.600. The molecule has 6 heteroatoms. The van der Waals surface area contributed by atoms with Crippen LogP contribution in [0.3, 0.4) is 0 Å². The molecule has 0 aliphatic heterocycles. The monoisotopic (exact) mass is 290 g/mol. The minimum absolute atomic E-state index is 0.00467. The summed E-state index contributed by atoms with van der Waals surface area (Å²) in [4.78, 5) is 11.7. The van der Waals surface area contributed by atoms with Crippen LogP contribution in [-0.2, 0) is 0 Å². The number of amides is 1. The van der Waals surface area contributed by atoms with Crippen LogP contribution < -0.4 is 5.43 Å². The van der Waals surface area contributed by atoms with Crippen LogP contribution in [0, 0.1) is 0 Å². The van der Waals surface area contributed by atoms with Gasteiger partial charge in [-0.3, -0.25) is 4.79 Å². The van der Waals surface area contributed by atoms with E-state index in [2.05, 4.69) is 10.5 Å². The largest absolute Gasteiger partial charge is 0.507 e. The Morgan fingerprint density at radius 3 is 2.65 bits per heavy atom. The zero-order chi connectivity index (χ0) is 14.5. The van der Waals surface area contributed by atoms with Crippen LogP contribution in [0.25, 0.3) is 0 Å². The molecule has 0 atom stereocenters. The lowest BCUT2D eigenvalue weighted by Gasteiger charge is -2.02. The first-order valence-electron chi connectivity index (χ1n) is 5.68. The van der Waals surface area contributed by atoms with Gasteiger partial charge in [0.2, 0.25) is 0 Å². The molecule has 0 unspecified atom stereocenters. The molecule has 0 saturated carbocycles. The summed E-state index contributed by atoms with van der Waals surface area (Å²) >= 11 is 5.78. The van der Waals surface area contributed by atoms with E-state index in [0.717, 1.165) is 0 Å². The maximum atomic E-state index is 11.7. The Hall–Kier alpha value is -2.53. The van der Waals surface area contributed by atoms with E-state index in [9.17, 15) is 15.0 Å². The minimum atomic E-state index is -0.555. The number of phenols is 2. The molecule has 3 N–H and O–H groups in total. The van der Waals surface area contributed by atoms with Gasteiger partial charge in [-0.05, 0) is 30.3 Å². The zero-order valence-corrected chi connectivity index (χ0v) is 11.0. The number of hydrazone groups is 1. The van der Waals surface area contributed by atoms with E-state index >= 15 is 0 Å². The van der Waals surface area contributed by atoms with Crippen LogP contribution in [0.15, 0.2) is 47.6 Å². The number of para-hydroxylation sites is 1. The van der Waals surface area contributed by atoms with Crippen LogP contribution in [-0.4, -0.2) is 22.3 Å². The summed E-state index contributed by atoms with van der Waals surface area (Å²) in [5, 5.41) is 23.2. The number of hydrogen-bond acceptors (Lipinski definition) is 4. The summed E-state index contributed by atoms with van der Waals surface area (Å²) in [6.07, 6.45) is 1.26. The fraction of sp³-hybridized carbons (Fsp3) is 0. The van der Waals surface area contributed by atoms with E-state index in [4.69, 9.17) is 11.6 Å². The second-order valence-corrected chi connectivity index (χ2v) is 4.36. The first kappa shape index (κ1) is 13.9. The molecule has 0 aromatic heterocycles. The molecule has 102 valence electrons. The van der Waals surface area contributed by atoms with Gasteiger partial charge in [0.05, 0.1) is 11.8 Å². The lowest BCUT2D eigenvalue weighted by atomic mass is 10.2. The van der Waals surface area contributed by atoms with Crippen LogP contribution in [0.5, 0.6) is 11.5 Å². The van der Waals surface area contributed by atoms with Crippen molar-refractivity contribution in [3.63, 3.8) is 0 Å². The Balaban J connectivity index is 2.09. The molecule has 0 aliphatic rings. The van der Waals surface area contributed by atoms with E-state index in [-0.39, 0.29) is 17.1 Å². The predicted octanol–water partition coefficient (Wildman–Crippen LogP) is 2.52. The van der Waals surface area contributed by atoms with Gasteiger partial charge in [0.25, 0.3) is 5.91 Å². The summed E-state index contributed by atoms with van der Waals surface area (Å²) in [7, 11) is 0. The SMILES string of the molecule is O=C(N/N=C\c1cc(Cl)ccc1O)c1ccccc1O. The maximum Gasteiger partial charge on any atom is 0.275 e. The van der Waals surface area contributed by atoms with Crippen LogP contribution in [0.4, 0.5) is 0 Å². The normalized spacial score (nSPS) is 10.7. The highest BCUT2D eigenvalue weighted by atomic mass is 35.5. The molecule has 0 spiro atoms. The van der Waals surface area contributed by atoms with Gasteiger partial charge < -0.3 is 10.2 Å². The van der Waals surface area contributed by atoms with E-state index < -0.39 is 5.91 Å². The first-order chi connectivity index (χ1) is 9.58. The second-order valence-electron chi connectivity index (χ2n) is 3.92. The van der Waals surface area contributed by atoms with E-state index in [1.165, 1.54) is 36.5 Å². The van der Waals surface area contributed by atoms with Crippen molar-refractivity contribution in [2.24, 2.45) is 5.10 Å². The molecule has 5 nitrogen and oxygen atoms in total.